The monoisotopic (exact) mass is 344 g/mol. The zero-order valence-corrected chi connectivity index (χ0v) is 15.8. The molecule has 0 spiro atoms. The number of hydrogen-bond donors (Lipinski definition) is 1. The summed E-state index contributed by atoms with van der Waals surface area (Å²) in [4.78, 5) is 17.1. The predicted octanol–water partition coefficient (Wildman–Crippen LogP) is 1.64. The highest BCUT2D eigenvalue weighted by atomic mass is 15.3. The highest BCUT2D eigenvalue weighted by molar-refractivity contribution is 5.53. The molecule has 3 aliphatic rings. The van der Waals surface area contributed by atoms with Gasteiger partial charge in [0.25, 0.3) is 0 Å². The van der Waals surface area contributed by atoms with Gasteiger partial charge in [-0.2, -0.15) is 4.98 Å². The molecule has 0 amide bonds. The molecule has 2 fully saturated rings. The third-order valence-corrected chi connectivity index (χ3v) is 6.01. The molecule has 1 saturated heterocycles. The van der Waals surface area contributed by atoms with Crippen LogP contribution in [-0.4, -0.2) is 67.7 Å². The number of rotatable bonds is 3. The van der Waals surface area contributed by atoms with Crippen molar-refractivity contribution in [2.24, 2.45) is 0 Å². The van der Waals surface area contributed by atoms with Gasteiger partial charge >= 0.3 is 0 Å². The molecule has 25 heavy (non-hydrogen) atoms. The summed E-state index contributed by atoms with van der Waals surface area (Å²) in [6, 6.07) is 0.823. The molecule has 3 heterocycles. The summed E-state index contributed by atoms with van der Waals surface area (Å²) in [7, 11) is 4.17. The van der Waals surface area contributed by atoms with E-state index in [1.807, 2.05) is 0 Å². The quantitative estimate of drug-likeness (QED) is 0.900. The lowest BCUT2D eigenvalue weighted by atomic mass is 9.94. The van der Waals surface area contributed by atoms with Crippen molar-refractivity contribution in [2.75, 3.05) is 56.6 Å². The molecular formula is C19H32N6. The van der Waals surface area contributed by atoms with Crippen LogP contribution in [0.2, 0.25) is 0 Å². The van der Waals surface area contributed by atoms with Crippen LogP contribution in [0, 0.1) is 0 Å². The summed E-state index contributed by atoms with van der Waals surface area (Å²) in [5, 5.41) is 3.45. The van der Waals surface area contributed by atoms with Gasteiger partial charge in [0.2, 0.25) is 5.95 Å². The molecule has 0 bridgehead atoms. The number of aromatic nitrogens is 2. The highest BCUT2D eigenvalue weighted by Crippen LogP contribution is 2.27. The molecule has 2 aliphatic heterocycles. The summed E-state index contributed by atoms with van der Waals surface area (Å²) in [5.41, 5.74) is 2.52. The van der Waals surface area contributed by atoms with Gasteiger partial charge in [-0.1, -0.05) is 19.3 Å². The van der Waals surface area contributed by atoms with E-state index in [1.54, 1.807) is 0 Å². The summed E-state index contributed by atoms with van der Waals surface area (Å²) in [6.07, 6.45) is 8.06. The fourth-order valence-electron chi connectivity index (χ4n) is 4.56. The van der Waals surface area contributed by atoms with Gasteiger partial charge < -0.3 is 15.1 Å². The Morgan fingerprint density at radius 2 is 1.76 bits per heavy atom. The van der Waals surface area contributed by atoms with Crippen molar-refractivity contribution in [3.05, 3.63) is 11.3 Å². The first-order chi connectivity index (χ1) is 12.2. The van der Waals surface area contributed by atoms with Gasteiger partial charge in [-0.3, -0.25) is 4.90 Å². The largest absolute Gasteiger partial charge is 0.362 e. The number of nitrogens with one attached hydrogen (secondary N) is 1. The minimum absolute atomic E-state index is 0.823. The molecule has 1 aromatic rings. The van der Waals surface area contributed by atoms with Crippen molar-refractivity contribution in [3.63, 3.8) is 0 Å². The van der Waals surface area contributed by atoms with Crippen LogP contribution in [0.3, 0.4) is 0 Å². The fraction of sp³-hybridized carbons (Fsp3) is 0.789. The van der Waals surface area contributed by atoms with Crippen LogP contribution in [0.4, 0.5) is 11.8 Å². The molecule has 1 saturated carbocycles. The Morgan fingerprint density at radius 1 is 1.00 bits per heavy atom. The van der Waals surface area contributed by atoms with E-state index >= 15 is 0 Å². The summed E-state index contributed by atoms with van der Waals surface area (Å²) in [6.45, 7) is 6.33. The molecule has 0 unspecified atom stereocenters. The molecule has 4 rings (SSSR count). The maximum atomic E-state index is 4.95. The van der Waals surface area contributed by atoms with Gasteiger partial charge in [0.15, 0.2) is 0 Å². The van der Waals surface area contributed by atoms with Gasteiger partial charge in [-0.05, 0) is 12.8 Å². The number of fused-ring (bicyclic) bond motifs is 1. The van der Waals surface area contributed by atoms with Gasteiger partial charge in [0, 0.05) is 71.4 Å². The number of piperazine rings is 1. The Bertz CT molecular complexity index is 588. The van der Waals surface area contributed by atoms with E-state index in [0.29, 0.717) is 0 Å². The molecule has 6 heteroatoms. The van der Waals surface area contributed by atoms with E-state index in [1.165, 1.54) is 43.4 Å². The Kier molecular flexibility index (Phi) is 5.08. The highest BCUT2D eigenvalue weighted by Gasteiger charge is 2.27. The Labute approximate surface area is 151 Å². The molecule has 1 N–H and O–H groups in total. The Hall–Kier alpha value is -1.40. The van der Waals surface area contributed by atoms with Crippen LogP contribution in [-0.2, 0) is 13.0 Å². The van der Waals surface area contributed by atoms with Crippen molar-refractivity contribution in [1.29, 1.82) is 0 Å². The van der Waals surface area contributed by atoms with Crippen LogP contribution < -0.4 is 15.1 Å². The second-order valence-corrected chi connectivity index (χ2v) is 7.91. The minimum atomic E-state index is 0.823. The molecule has 1 aliphatic carbocycles. The lowest BCUT2D eigenvalue weighted by Crippen LogP contribution is -2.51. The molecule has 0 aromatic carbocycles. The van der Waals surface area contributed by atoms with Crippen LogP contribution in [0.15, 0.2) is 0 Å². The van der Waals surface area contributed by atoms with E-state index in [-0.39, 0.29) is 0 Å². The first-order valence-electron chi connectivity index (χ1n) is 9.99. The van der Waals surface area contributed by atoms with Crippen molar-refractivity contribution in [2.45, 2.75) is 51.1 Å². The lowest BCUT2D eigenvalue weighted by molar-refractivity contribution is 0.147. The Morgan fingerprint density at radius 3 is 2.48 bits per heavy atom. The van der Waals surface area contributed by atoms with E-state index in [2.05, 4.69) is 34.1 Å². The maximum Gasteiger partial charge on any atom is 0.227 e. The zero-order chi connectivity index (χ0) is 17.2. The second-order valence-electron chi connectivity index (χ2n) is 7.91. The van der Waals surface area contributed by atoms with Crippen molar-refractivity contribution >= 4 is 11.8 Å². The topological polar surface area (TPSA) is 47.5 Å². The second kappa shape index (κ2) is 7.46. The third kappa shape index (κ3) is 3.60. The van der Waals surface area contributed by atoms with E-state index < -0.39 is 0 Å². The summed E-state index contributed by atoms with van der Waals surface area (Å²) >= 11 is 0. The maximum absolute atomic E-state index is 4.95. The van der Waals surface area contributed by atoms with Gasteiger partial charge in [0.1, 0.15) is 5.82 Å². The fourth-order valence-corrected chi connectivity index (χ4v) is 4.56. The normalized spacial score (nSPS) is 22.7. The standard InChI is InChI=1S/C19H32N6/c1-23(2)18-16-14-20-9-8-17(16)21-19(22-18)25-12-10-24(11-13-25)15-6-4-3-5-7-15/h15,20H,3-14H2,1-2H3. The van der Waals surface area contributed by atoms with Crippen molar-refractivity contribution < 1.29 is 0 Å². The summed E-state index contributed by atoms with van der Waals surface area (Å²) in [5.74, 6) is 2.02. The molecule has 1 aromatic heterocycles. The summed E-state index contributed by atoms with van der Waals surface area (Å²) < 4.78 is 0. The van der Waals surface area contributed by atoms with Crippen molar-refractivity contribution in [3.8, 4) is 0 Å². The van der Waals surface area contributed by atoms with E-state index in [9.17, 15) is 0 Å². The zero-order valence-electron chi connectivity index (χ0n) is 15.8. The van der Waals surface area contributed by atoms with E-state index in [0.717, 1.165) is 63.5 Å². The first kappa shape index (κ1) is 17.0. The molecule has 138 valence electrons. The minimum Gasteiger partial charge on any atom is -0.362 e. The average molecular weight is 345 g/mol. The number of nitrogens with zero attached hydrogens (tertiary/aromatic N) is 5. The van der Waals surface area contributed by atoms with Gasteiger partial charge in [-0.15, -0.1) is 0 Å². The van der Waals surface area contributed by atoms with Crippen LogP contribution >= 0.6 is 0 Å². The Balaban J connectivity index is 1.48. The third-order valence-electron chi connectivity index (χ3n) is 6.01. The molecule has 0 radical (unpaired) electrons. The number of hydrogen-bond acceptors (Lipinski definition) is 6. The predicted molar refractivity (Wildman–Crippen MR) is 102 cm³/mol. The molecule has 6 nitrogen and oxygen atoms in total. The average Bonchev–Trinajstić information content (AvgIpc) is 2.68. The first-order valence-corrected chi connectivity index (χ1v) is 9.99. The van der Waals surface area contributed by atoms with E-state index in [4.69, 9.17) is 9.97 Å². The van der Waals surface area contributed by atoms with Crippen molar-refractivity contribution in [1.82, 2.24) is 20.2 Å². The van der Waals surface area contributed by atoms with Gasteiger partial charge in [-0.25, -0.2) is 4.98 Å². The van der Waals surface area contributed by atoms with Crippen LogP contribution in [0.1, 0.15) is 43.4 Å². The van der Waals surface area contributed by atoms with Gasteiger partial charge in [0.05, 0.1) is 5.69 Å². The molecular weight excluding hydrogens is 312 g/mol. The lowest BCUT2D eigenvalue weighted by Gasteiger charge is -2.41. The molecule has 0 atom stereocenters. The SMILES string of the molecule is CN(C)c1nc(N2CCN(C3CCCCC3)CC2)nc2c1CNCC2. The van der Waals surface area contributed by atoms with Crippen LogP contribution in [0.25, 0.3) is 0 Å². The van der Waals surface area contributed by atoms with Crippen LogP contribution in [0.5, 0.6) is 0 Å². The number of anilines is 2. The smallest absolute Gasteiger partial charge is 0.227 e.